The van der Waals surface area contributed by atoms with E-state index >= 15 is 0 Å². The third-order valence-corrected chi connectivity index (χ3v) is 9.80. The number of aliphatic hydroxyl groups excluding tert-OH is 1. The van der Waals surface area contributed by atoms with Crippen molar-refractivity contribution in [3.8, 4) is 5.75 Å². The Morgan fingerprint density at radius 3 is 2.43 bits per heavy atom. The fourth-order valence-electron chi connectivity index (χ4n) is 8.10. The number of hydrogen-bond acceptors (Lipinski definition) is 3. The Balaban J connectivity index is 1.59. The van der Waals surface area contributed by atoms with E-state index in [1.54, 1.807) is 0 Å². The van der Waals surface area contributed by atoms with E-state index in [0.717, 1.165) is 44.9 Å². The molecule has 4 aliphatic rings. The molecule has 0 saturated heterocycles. The first-order valence-corrected chi connectivity index (χ1v) is 11.3. The number of fused-ring (bicyclic) bond motifs is 5. The van der Waals surface area contributed by atoms with Crippen molar-refractivity contribution >= 4 is 5.78 Å². The van der Waals surface area contributed by atoms with E-state index in [1.807, 2.05) is 12.1 Å². The number of phenolic OH excluding ortho intramolecular Hbond substituents is 1. The molecule has 3 nitrogen and oxygen atoms in total. The van der Waals surface area contributed by atoms with Gasteiger partial charge in [0.1, 0.15) is 11.5 Å². The largest absolute Gasteiger partial charge is 0.508 e. The molecule has 0 heterocycles. The number of ketones is 1. The van der Waals surface area contributed by atoms with Gasteiger partial charge in [-0.25, -0.2) is 0 Å². The molecule has 2 unspecified atom stereocenters. The zero-order valence-corrected chi connectivity index (χ0v) is 17.2. The standard InChI is InChI=1S/C25H34O3/c1-24-11-9-18(27)13-16(24)14-19(15-3-5-17(26)6-4-15)23-20-7-8-22(28)25(20,2)12-10-21(23)24/h3-6,16,19-23,26,28H,7-14H2,1-2H3/t16?,19-,20-,21?,22-,23-,24-,25-/m0/s1. The summed E-state index contributed by atoms with van der Waals surface area (Å²) in [5, 5.41) is 20.6. The van der Waals surface area contributed by atoms with E-state index in [4.69, 9.17) is 0 Å². The summed E-state index contributed by atoms with van der Waals surface area (Å²) in [7, 11) is 0. The van der Waals surface area contributed by atoms with Gasteiger partial charge >= 0.3 is 0 Å². The van der Waals surface area contributed by atoms with Crippen molar-refractivity contribution in [3.05, 3.63) is 29.8 Å². The van der Waals surface area contributed by atoms with Crippen LogP contribution in [0.25, 0.3) is 0 Å². The summed E-state index contributed by atoms with van der Waals surface area (Å²) < 4.78 is 0. The first-order valence-electron chi connectivity index (χ1n) is 11.3. The average molecular weight is 383 g/mol. The first kappa shape index (κ1) is 18.7. The number of aliphatic hydroxyl groups is 1. The van der Waals surface area contributed by atoms with Gasteiger partial charge in [-0.1, -0.05) is 26.0 Å². The molecule has 152 valence electrons. The molecule has 8 atom stereocenters. The number of carbonyl (C=O) groups is 1. The highest BCUT2D eigenvalue weighted by atomic mass is 16.3. The highest BCUT2D eigenvalue weighted by molar-refractivity contribution is 5.79. The summed E-state index contributed by atoms with van der Waals surface area (Å²) in [6.07, 6.45) is 7.84. The van der Waals surface area contributed by atoms with Crippen molar-refractivity contribution in [1.29, 1.82) is 0 Å². The lowest BCUT2D eigenvalue weighted by Gasteiger charge is -2.62. The summed E-state index contributed by atoms with van der Waals surface area (Å²) in [5.41, 5.74) is 1.63. The molecule has 3 heteroatoms. The van der Waals surface area contributed by atoms with Crippen molar-refractivity contribution in [2.75, 3.05) is 0 Å². The van der Waals surface area contributed by atoms with Crippen molar-refractivity contribution in [2.45, 2.75) is 77.2 Å². The molecule has 4 saturated carbocycles. The molecule has 0 spiro atoms. The predicted octanol–water partition coefficient (Wildman–Crippen LogP) is 5.06. The van der Waals surface area contributed by atoms with Gasteiger partial charge in [0.25, 0.3) is 0 Å². The molecule has 4 fully saturated rings. The van der Waals surface area contributed by atoms with Crippen LogP contribution in [-0.4, -0.2) is 22.1 Å². The van der Waals surface area contributed by atoms with Gasteiger partial charge < -0.3 is 10.2 Å². The number of aromatic hydroxyl groups is 1. The van der Waals surface area contributed by atoms with Crippen molar-refractivity contribution < 1.29 is 15.0 Å². The molecule has 4 aliphatic carbocycles. The quantitative estimate of drug-likeness (QED) is 0.714. The number of phenols is 1. The average Bonchev–Trinajstić information content (AvgIpc) is 2.98. The van der Waals surface area contributed by atoms with E-state index in [9.17, 15) is 15.0 Å². The maximum absolute atomic E-state index is 12.3. The third-order valence-electron chi connectivity index (χ3n) is 9.80. The van der Waals surface area contributed by atoms with Crippen LogP contribution < -0.4 is 0 Å². The SMILES string of the molecule is C[C@]12CCC(=O)CC1C[C@@H](c1ccc(O)cc1)[C@@H]1C2CC[C@]2(C)[C@@H](O)CC[C@@H]12. The first-order chi connectivity index (χ1) is 13.3. The normalized spacial score (nSPS) is 47.9. The van der Waals surface area contributed by atoms with Crippen LogP contribution in [0, 0.1) is 34.5 Å². The lowest BCUT2D eigenvalue weighted by atomic mass is 9.42. The smallest absolute Gasteiger partial charge is 0.133 e. The fourth-order valence-corrected chi connectivity index (χ4v) is 8.10. The second-order valence-electron chi connectivity index (χ2n) is 10.8. The van der Waals surface area contributed by atoms with Gasteiger partial charge in [0, 0.05) is 12.8 Å². The van der Waals surface area contributed by atoms with E-state index in [0.29, 0.717) is 41.1 Å². The zero-order valence-electron chi connectivity index (χ0n) is 17.2. The highest BCUT2D eigenvalue weighted by Crippen LogP contribution is 2.68. The van der Waals surface area contributed by atoms with E-state index in [2.05, 4.69) is 26.0 Å². The number of hydrogen-bond donors (Lipinski definition) is 2. The van der Waals surface area contributed by atoms with Gasteiger partial charge in [0.2, 0.25) is 0 Å². The molecule has 0 aromatic heterocycles. The molecular formula is C25H34O3. The number of benzene rings is 1. The number of Topliss-reactive ketones (excluding diaryl/α,β-unsaturated/α-hetero) is 1. The van der Waals surface area contributed by atoms with Gasteiger partial charge in [-0.3, -0.25) is 4.79 Å². The van der Waals surface area contributed by atoms with E-state index in [1.165, 1.54) is 12.0 Å². The maximum Gasteiger partial charge on any atom is 0.133 e. The van der Waals surface area contributed by atoms with Crippen LogP contribution >= 0.6 is 0 Å². The molecule has 28 heavy (non-hydrogen) atoms. The zero-order chi connectivity index (χ0) is 19.7. The molecule has 5 rings (SSSR count). The topological polar surface area (TPSA) is 57.5 Å². The van der Waals surface area contributed by atoms with Gasteiger partial charge in [-0.05, 0) is 96.6 Å². The minimum atomic E-state index is -0.169. The van der Waals surface area contributed by atoms with E-state index in [-0.39, 0.29) is 16.9 Å². The van der Waals surface area contributed by atoms with Crippen LogP contribution in [0.4, 0.5) is 0 Å². The van der Waals surface area contributed by atoms with Crippen LogP contribution in [0.1, 0.15) is 76.7 Å². The Hall–Kier alpha value is -1.35. The third kappa shape index (κ3) is 2.54. The fraction of sp³-hybridized carbons (Fsp3) is 0.720. The van der Waals surface area contributed by atoms with Crippen LogP contribution in [0.2, 0.25) is 0 Å². The Morgan fingerprint density at radius 2 is 1.68 bits per heavy atom. The molecule has 0 bridgehead atoms. The minimum absolute atomic E-state index is 0.0457. The van der Waals surface area contributed by atoms with Crippen molar-refractivity contribution in [3.63, 3.8) is 0 Å². The van der Waals surface area contributed by atoms with Crippen LogP contribution in [0.5, 0.6) is 5.75 Å². The number of rotatable bonds is 1. The van der Waals surface area contributed by atoms with Crippen LogP contribution in [0.3, 0.4) is 0 Å². The molecular weight excluding hydrogens is 348 g/mol. The minimum Gasteiger partial charge on any atom is -0.508 e. The Bertz CT molecular complexity index is 771. The molecule has 0 aliphatic heterocycles. The summed E-state index contributed by atoms with van der Waals surface area (Å²) >= 11 is 0. The van der Waals surface area contributed by atoms with Crippen molar-refractivity contribution in [2.24, 2.45) is 34.5 Å². The maximum atomic E-state index is 12.3. The van der Waals surface area contributed by atoms with Gasteiger partial charge in [-0.2, -0.15) is 0 Å². The monoisotopic (exact) mass is 382 g/mol. The Morgan fingerprint density at radius 1 is 0.964 bits per heavy atom. The molecule has 1 aromatic rings. The second kappa shape index (κ2) is 6.32. The lowest BCUT2D eigenvalue weighted by Crippen LogP contribution is -2.56. The van der Waals surface area contributed by atoms with Gasteiger partial charge in [-0.15, -0.1) is 0 Å². The summed E-state index contributed by atoms with van der Waals surface area (Å²) in [5.74, 6) is 3.46. The van der Waals surface area contributed by atoms with Crippen molar-refractivity contribution in [1.82, 2.24) is 0 Å². The summed E-state index contributed by atoms with van der Waals surface area (Å²) in [6, 6.07) is 7.83. The van der Waals surface area contributed by atoms with Crippen LogP contribution in [-0.2, 0) is 4.79 Å². The number of carbonyl (C=O) groups excluding carboxylic acids is 1. The Kier molecular flexibility index (Phi) is 4.21. The van der Waals surface area contributed by atoms with Gasteiger partial charge in [0.05, 0.1) is 6.10 Å². The molecule has 1 aromatic carbocycles. The molecule has 0 radical (unpaired) electrons. The predicted molar refractivity (Wildman–Crippen MR) is 109 cm³/mol. The molecule has 0 amide bonds. The Labute approximate surface area is 168 Å². The summed E-state index contributed by atoms with van der Waals surface area (Å²) in [6.45, 7) is 4.81. The second-order valence-corrected chi connectivity index (χ2v) is 10.8. The summed E-state index contributed by atoms with van der Waals surface area (Å²) in [4.78, 5) is 12.3. The van der Waals surface area contributed by atoms with Crippen LogP contribution in [0.15, 0.2) is 24.3 Å². The molecule has 2 N–H and O–H groups in total. The van der Waals surface area contributed by atoms with E-state index < -0.39 is 0 Å². The lowest BCUT2D eigenvalue weighted by molar-refractivity contribution is -0.146. The highest BCUT2D eigenvalue weighted by Gasteiger charge is 2.62. The van der Waals surface area contributed by atoms with Gasteiger partial charge in [0.15, 0.2) is 0 Å².